The number of carbonyl (C=O) groups excluding carboxylic acids is 1. The second kappa shape index (κ2) is 3.99. The van der Waals surface area contributed by atoms with Crippen molar-refractivity contribution in [1.82, 2.24) is 0 Å². The van der Waals surface area contributed by atoms with Gasteiger partial charge in [-0.1, -0.05) is 26.0 Å². The molecule has 0 aromatic heterocycles. The summed E-state index contributed by atoms with van der Waals surface area (Å²) in [5.41, 5.74) is 1.82. The lowest BCUT2D eigenvalue weighted by molar-refractivity contribution is 0.100. The molecule has 2 nitrogen and oxygen atoms in total. The molecule has 0 aliphatic carbocycles. The second-order valence-electron chi connectivity index (χ2n) is 3.24. The van der Waals surface area contributed by atoms with Crippen molar-refractivity contribution in [1.29, 1.82) is 0 Å². The lowest BCUT2D eigenvalue weighted by Gasteiger charge is -2.04. The van der Waals surface area contributed by atoms with E-state index < -0.39 is 0 Å². The van der Waals surface area contributed by atoms with E-state index in [1.54, 1.807) is 12.1 Å². The summed E-state index contributed by atoms with van der Waals surface area (Å²) in [4.78, 5) is 14.4. The predicted molar refractivity (Wildman–Crippen MR) is 54.4 cm³/mol. The van der Waals surface area contributed by atoms with Crippen LogP contribution in [-0.4, -0.2) is 12.6 Å². The number of aliphatic imine (C=N–C) groups is 1. The molecule has 1 aromatic carbocycles. The molecule has 0 heterocycles. The Bertz CT molecular complexity index is 311. The van der Waals surface area contributed by atoms with Gasteiger partial charge < -0.3 is 0 Å². The molecule has 0 fully saturated rings. The van der Waals surface area contributed by atoms with Gasteiger partial charge in [-0.15, -0.1) is 0 Å². The zero-order valence-electron chi connectivity index (χ0n) is 7.95. The Kier molecular flexibility index (Phi) is 2.96. The van der Waals surface area contributed by atoms with Crippen molar-refractivity contribution in [2.45, 2.75) is 19.8 Å². The van der Waals surface area contributed by atoms with Crippen LogP contribution in [0.2, 0.25) is 0 Å². The maximum Gasteiger partial charge on any atom is 0.276 e. The van der Waals surface area contributed by atoms with E-state index in [0.717, 1.165) is 0 Å². The van der Waals surface area contributed by atoms with Gasteiger partial charge in [0, 0.05) is 5.56 Å². The summed E-state index contributed by atoms with van der Waals surface area (Å²) in [5.74, 6) is 0.219. The van der Waals surface area contributed by atoms with Crippen molar-refractivity contribution in [2.24, 2.45) is 4.99 Å². The van der Waals surface area contributed by atoms with Crippen molar-refractivity contribution in [3.63, 3.8) is 0 Å². The Hall–Kier alpha value is -1.44. The van der Waals surface area contributed by atoms with Gasteiger partial charge in [0.25, 0.3) is 5.91 Å². The minimum atomic E-state index is -0.268. The van der Waals surface area contributed by atoms with Gasteiger partial charge in [0.15, 0.2) is 0 Å². The molecule has 0 aliphatic rings. The molecule has 0 spiro atoms. The van der Waals surface area contributed by atoms with E-state index in [4.69, 9.17) is 0 Å². The summed E-state index contributed by atoms with van der Waals surface area (Å²) in [7, 11) is 0. The third-order valence-electron chi connectivity index (χ3n) is 1.97. The van der Waals surface area contributed by atoms with Crippen LogP contribution in [0.25, 0.3) is 0 Å². The molecule has 0 bridgehead atoms. The molecule has 1 amide bonds. The number of rotatable bonds is 2. The van der Waals surface area contributed by atoms with Gasteiger partial charge in [-0.05, 0) is 30.3 Å². The lowest BCUT2D eigenvalue weighted by Crippen LogP contribution is -1.94. The van der Waals surface area contributed by atoms with Crippen molar-refractivity contribution in [3.05, 3.63) is 35.4 Å². The highest BCUT2D eigenvalue weighted by Crippen LogP contribution is 2.14. The summed E-state index contributed by atoms with van der Waals surface area (Å²) in [5, 5.41) is 0. The number of amides is 1. The molecule has 0 atom stereocenters. The third kappa shape index (κ3) is 2.25. The van der Waals surface area contributed by atoms with Crippen LogP contribution in [-0.2, 0) is 0 Å². The molecule has 0 saturated carbocycles. The summed E-state index contributed by atoms with van der Waals surface area (Å²) >= 11 is 0. The van der Waals surface area contributed by atoms with E-state index in [9.17, 15) is 4.79 Å². The fraction of sp³-hybridized carbons (Fsp3) is 0.273. The summed E-state index contributed by atoms with van der Waals surface area (Å²) in [6.07, 6.45) is 0. The first kappa shape index (κ1) is 9.65. The fourth-order valence-corrected chi connectivity index (χ4v) is 1.10. The van der Waals surface area contributed by atoms with Crippen LogP contribution in [0.3, 0.4) is 0 Å². The largest absolute Gasteiger partial charge is 0.276 e. The van der Waals surface area contributed by atoms with Crippen molar-refractivity contribution in [3.8, 4) is 0 Å². The average Bonchev–Trinajstić information content (AvgIpc) is 2.17. The highest BCUT2D eigenvalue weighted by Gasteiger charge is 2.03. The summed E-state index contributed by atoms with van der Waals surface area (Å²) < 4.78 is 0. The number of hydrogen-bond donors (Lipinski definition) is 0. The van der Waals surface area contributed by atoms with E-state index in [2.05, 4.69) is 25.6 Å². The van der Waals surface area contributed by atoms with E-state index >= 15 is 0 Å². The smallest absolute Gasteiger partial charge is 0.267 e. The average molecular weight is 175 g/mol. The zero-order valence-corrected chi connectivity index (χ0v) is 7.95. The van der Waals surface area contributed by atoms with Crippen LogP contribution in [0.1, 0.15) is 35.7 Å². The summed E-state index contributed by atoms with van der Waals surface area (Å²) in [6, 6.07) is 7.46. The predicted octanol–water partition coefficient (Wildman–Crippen LogP) is 2.65. The highest BCUT2D eigenvalue weighted by molar-refractivity contribution is 5.96. The van der Waals surface area contributed by atoms with Crippen LogP contribution < -0.4 is 0 Å². The minimum absolute atomic E-state index is 0.268. The molecule has 68 valence electrons. The molecule has 0 unspecified atom stereocenters. The van der Waals surface area contributed by atoms with Gasteiger partial charge in [0.2, 0.25) is 0 Å². The lowest BCUT2D eigenvalue weighted by atomic mass is 10.0. The van der Waals surface area contributed by atoms with Crippen LogP contribution in [0, 0.1) is 0 Å². The fourth-order valence-electron chi connectivity index (χ4n) is 1.10. The van der Waals surface area contributed by atoms with Gasteiger partial charge in [-0.25, -0.2) is 4.99 Å². The Morgan fingerprint density at radius 1 is 1.31 bits per heavy atom. The Morgan fingerprint density at radius 2 is 1.85 bits per heavy atom. The number of hydrogen-bond acceptors (Lipinski definition) is 1. The molecule has 0 saturated heterocycles. The van der Waals surface area contributed by atoms with E-state index in [0.29, 0.717) is 11.5 Å². The summed E-state index contributed by atoms with van der Waals surface area (Å²) in [6.45, 7) is 7.42. The second-order valence-corrected chi connectivity index (χ2v) is 3.24. The maximum absolute atomic E-state index is 11.1. The van der Waals surface area contributed by atoms with Crippen LogP contribution in [0.4, 0.5) is 0 Å². The molecule has 0 aliphatic heterocycles. The molecule has 2 heteroatoms. The van der Waals surface area contributed by atoms with E-state index in [1.807, 2.05) is 12.1 Å². The van der Waals surface area contributed by atoms with Crippen molar-refractivity contribution >= 4 is 12.6 Å². The van der Waals surface area contributed by atoms with Gasteiger partial charge >= 0.3 is 0 Å². The van der Waals surface area contributed by atoms with Gasteiger partial charge in [0.05, 0.1) is 0 Å². The number of benzene rings is 1. The maximum atomic E-state index is 11.1. The molecule has 0 radical (unpaired) electrons. The monoisotopic (exact) mass is 175 g/mol. The molecule has 13 heavy (non-hydrogen) atoms. The minimum Gasteiger partial charge on any atom is -0.267 e. The van der Waals surface area contributed by atoms with E-state index in [-0.39, 0.29) is 5.91 Å². The molecule has 1 aromatic rings. The molecule has 1 rings (SSSR count). The quantitative estimate of drug-likeness (QED) is 0.635. The topological polar surface area (TPSA) is 29.4 Å². The van der Waals surface area contributed by atoms with Crippen LogP contribution in [0.5, 0.6) is 0 Å². The molecular weight excluding hydrogens is 162 g/mol. The normalized spacial score (nSPS) is 10.1. The third-order valence-corrected chi connectivity index (χ3v) is 1.97. The van der Waals surface area contributed by atoms with Gasteiger partial charge in [-0.2, -0.15) is 0 Å². The zero-order chi connectivity index (χ0) is 9.84. The standard InChI is InChI=1S/C11H13NO/c1-8(2)9-4-6-10(7-5-9)11(13)12-3/h4-8H,3H2,1-2H3. The van der Waals surface area contributed by atoms with Crippen molar-refractivity contribution < 1.29 is 4.79 Å². The number of nitrogens with zero attached hydrogens (tertiary/aromatic N) is 1. The molecular formula is C11H13NO. The first-order valence-electron chi connectivity index (χ1n) is 4.26. The van der Waals surface area contributed by atoms with Crippen LogP contribution >= 0.6 is 0 Å². The number of carbonyl (C=O) groups is 1. The Balaban J connectivity index is 2.93. The highest BCUT2D eigenvalue weighted by atomic mass is 16.1. The SMILES string of the molecule is C=NC(=O)c1ccc(C(C)C)cc1. The molecule has 0 N–H and O–H groups in total. The van der Waals surface area contributed by atoms with Gasteiger partial charge in [0.1, 0.15) is 0 Å². The van der Waals surface area contributed by atoms with Gasteiger partial charge in [-0.3, -0.25) is 4.79 Å². The Labute approximate surface area is 78.3 Å². The van der Waals surface area contributed by atoms with Crippen LogP contribution in [0.15, 0.2) is 29.3 Å². The van der Waals surface area contributed by atoms with Crippen molar-refractivity contribution in [2.75, 3.05) is 0 Å². The van der Waals surface area contributed by atoms with E-state index in [1.165, 1.54) is 5.56 Å². The Morgan fingerprint density at radius 3 is 2.23 bits per heavy atom. The first-order chi connectivity index (χ1) is 6.15. The first-order valence-corrected chi connectivity index (χ1v) is 4.26.